The van der Waals surface area contributed by atoms with Crippen LogP contribution in [-0.2, 0) is 14.3 Å². The summed E-state index contributed by atoms with van der Waals surface area (Å²) in [6, 6.07) is 15.9. The van der Waals surface area contributed by atoms with Crippen molar-refractivity contribution in [2.45, 2.75) is 26.2 Å². The Morgan fingerprint density at radius 3 is 2.56 bits per heavy atom. The topological polar surface area (TPSA) is 79.2 Å². The molecule has 0 radical (unpaired) electrons. The van der Waals surface area contributed by atoms with Crippen LogP contribution in [-0.4, -0.2) is 18.5 Å². The lowest BCUT2D eigenvalue weighted by molar-refractivity contribution is -0.150. The molecule has 6 heteroatoms. The maximum Gasteiger partial charge on any atom is 0.314 e. The van der Waals surface area contributed by atoms with E-state index < -0.39 is 24.4 Å². The maximum absolute atomic E-state index is 12.6. The van der Waals surface area contributed by atoms with Crippen LogP contribution in [0.25, 0.3) is 0 Å². The molecule has 2 aromatic rings. The minimum atomic E-state index is -0.530. The number of nitriles is 1. The summed E-state index contributed by atoms with van der Waals surface area (Å²) in [7, 11) is 0. The van der Waals surface area contributed by atoms with Gasteiger partial charge < -0.3 is 10.1 Å². The zero-order chi connectivity index (χ0) is 19.8. The maximum atomic E-state index is 12.6. The molecule has 0 spiro atoms. The summed E-state index contributed by atoms with van der Waals surface area (Å²) >= 11 is 5.90. The van der Waals surface area contributed by atoms with Crippen molar-refractivity contribution in [2.75, 3.05) is 11.9 Å². The lowest BCUT2D eigenvalue weighted by atomic mass is 9.86. The van der Waals surface area contributed by atoms with Crippen LogP contribution in [0.5, 0.6) is 0 Å². The van der Waals surface area contributed by atoms with Crippen LogP contribution in [0.4, 0.5) is 5.69 Å². The Hall–Kier alpha value is -2.84. The first-order chi connectivity index (χ1) is 13.0. The molecule has 2 rings (SSSR count). The Balaban J connectivity index is 2.04. The number of benzene rings is 2. The molecule has 0 bridgehead atoms. The Labute approximate surface area is 163 Å². The van der Waals surface area contributed by atoms with Gasteiger partial charge in [0.15, 0.2) is 6.61 Å². The number of carbonyl (C=O) groups is 2. The van der Waals surface area contributed by atoms with Gasteiger partial charge in [0.1, 0.15) is 6.07 Å². The van der Waals surface area contributed by atoms with Crippen LogP contribution in [0.1, 0.15) is 37.3 Å². The fourth-order valence-corrected chi connectivity index (χ4v) is 2.90. The molecule has 5 nitrogen and oxygen atoms in total. The SMILES string of the molecule is CC[C@H](C)[C@H](C(=O)OCC(=O)Nc1cc(Cl)ccc1C#N)c1ccccc1. The third kappa shape index (κ3) is 5.57. The number of amides is 1. The zero-order valence-electron chi connectivity index (χ0n) is 15.2. The van der Waals surface area contributed by atoms with Crippen molar-refractivity contribution in [1.82, 2.24) is 0 Å². The number of carbonyl (C=O) groups excluding carboxylic acids is 2. The second-order valence-electron chi connectivity index (χ2n) is 6.23. The molecule has 0 aromatic heterocycles. The van der Waals surface area contributed by atoms with Crippen LogP contribution in [0.15, 0.2) is 48.5 Å². The Kier molecular flexibility index (Phi) is 7.39. The standard InChI is InChI=1S/C21H21ClN2O3/c1-3-14(2)20(15-7-5-4-6-8-15)21(26)27-13-19(25)24-18-11-17(22)10-9-16(18)12-23/h4-11,14,20H,3,13H2,1-2H3,(H,24,25)/t14-,20-/m0/s1. The first-order valence-electron chi connectivity index (χ1n) is 8.67. The highest BCUT2D eigenvalue weighted by atomic mass is 35.5. The van der Waals surface area contributed by atoms with Gasteiger partial charge in [0.05, 0.1) is 17.2 Å². The molecular weight excluding hydrogens is 364 g/mol. The summed E-state index contributed by atoms with van der Waals surface area (Å²) in [5, 5.41) is 12.0. The van der Waals surface area contributed by atoms with Crippen molar-refractivity contribution in [3.63, 3.8) is 0 Å². The van der Waals surface area contributed by atoms with Crippen LogP contribution in [0.2, 0.25) is 5.02 Å². The first-order valence-corrected chi connectivity index (χ1v) is 9.05. The van der Waals surface area contributed by atoms with Gasteiger partial charge in [-0.2, -0.15) is 5.26 Å². The average Bonchev–Trinajstić information content (AvgIpc) is 2.67. The normalized spacial score (nSPS) is 12.5. The van der Waals surface area contributed by atoms with Gasteiger partial charge in [-0.25, -0.2) is 0 Å². The molecule has 140 valence electrons. The van der Waals surface area contributed by atoms with Crippen LogP contribution < -0.4 is 5.32 Å². The van der Waals surface area contributed by atoms with E-state index in [1.807, 2.05) is 50.2 Å². The van der Waals surface area contributed by atoms with Crippen molar-refractivity contribution < 1.29 is 14.3 Å². The number of nitrogens with one attached hydrogen (secondary N) is 1. The van der Waals surface area contributed by atoms with E-state index in [2.05, 4.69) is 5.32 Å². The molecular formula is C21H21ClN2O3. The van der Waals surface area contributed by atoms with Gasteiger partial charge in [0.25, 0.3) is 5.91 Å². The minimum Gasteiger partial charge on any atom is -0.455 e. The minimum absolute atomic E-state index is 0.0704. The van der Waals surface area contributed by atoms with Crippen molar-refractivity contribution in [1.29, 1.82) is 5.26 Å². The van der Waals surface area contributed by atoms with E-state index in [4.69, 9.17) is 21.6 Å². The number of hydrogen-bond donors (Lipinski definition) is 1. The molecule has 0 saturated heterocycles. The number of ether oxygens (including phenoxy) is 1. The third-order valence-corrected chi connectivity index (χ3v) is 4.58. The van der Waals surface area contributed by atoms with Gasteiger partial charge in [0, 0.05) is 5.02 Å². The number of esters is 1. The van der Waals surface area contributed by atoms with E-state index in [9.17, 15) is 9.59 Å². The summed E-state index contributed by atoms with van der Waals surface area (Å²) in [5.41, 5.74) is 1.42. The highest BCUT2D eigenvalue weighted by Gasteiger charge is 2.27. The predicted molar refractivity (Wildman–Crippen MR) is 104 cm³/mol. The van der Waals surface area contributed by atoms with Gasteiger partial charge in [-0.1, -0.05) is 62.2 Å². The largest absolute Gasteiger partial charge is 0.455 e. The molecule has 27 heavy (non-hydrogen) atoms. The van der Waals surface area contributed by atoms with Gasteiger partial charge in [-0.05, 0) is 29.7 Å². The molecule has 0 aliphatic heterocycles. The average molecular weight is 385 g/mol. The number of halogens is 1. The van der Waals surface area contributed by atoms with Crippen molar-refractivity contribution in [3.05, 3.63) is 64.7 Å². The fraction of sp³-hybridized carbons (Fsp3) is 0.286. The highest BCUT2D eigenvalue weighted by Crippen LogP contribution is 2.28. The lowest BCUT2D eigenvalue weighted by Gasteiger charge is -2.21. The van der Waals surface area contributed by atoms with Crippen LogP contribution in [0, 0.1) is 17.2 Å². The third-order valence-electron chi connectivity index (χ3n) is 4.35. The summed E-state index contributed by atoms with van der Waals surface area (Å²) in [5.74, 6) is -1.35. The molecule has 1 N–H and O–H groups in total. The van der Waals surface area contributed by atoms with Gasteiger partial charge in [-0.15, -0.1) is 0 Å². The van der Waals surface area contributed by atoms with Crippen LogP contribution >= 0.6 is 11.6 Å². The van der Waals surface area contributed by atoms with E-state index >= 15 is 0 Å². The molecule has 0 fully saturated rings. The Bertz CT molecular complexity index is 846. The first kappa shape index (κ1) is 20.5. The van der Waals surface area contributed by atoms with E-state index in [1.165, 1.54) is 12.1 Å². The second-order valence-corrected chi connectivity index (χ2v) is 6.67. The molecule has 0 unspecified atom stereocenters. The smallest absolute Gasteiger partial charge is 0.314 e. The molecule has 0 aliphatic carbocycles. The van der Waals surface area contributed by atoms with Crippen molar-refractivity contribution in [2.24, 2.45) is 5.92 Å². The predicted octanol–water partition coefficient (Wildman–Crippen LogP) is 4.52. The van der Waals surface area contributed by atoms with Gasteiger partial charge in [0.2, 0.25) is 0 Å². The monoisotopic (exact) mass is 384 g/mol. The zero-order valence-corrected chi connectivity index (χ0v) is 16.0. The molecule has 2 aromatic carbocycles. The molecule has 2 atom stereocenters. The lowest BCUT2D eigenvalue weighted by Crippen LogP contribution is -2.27. The number of nitrogens with zero attached hydrogens (tertiary/aromatic N) is 1. The van der Waals surface area contributed by atoms with E-state index in [0.29, 0.717) is 5.02 Å². The highest BCUT2D eigenvalue weighted by molar-refractivity contribution is 6.31. The van der Waals surface area contributed by atoms with Crippen LogP contribution in [0.3, 0.4) is 0 Å². The number of anilines is 1. The number of rotatable bonds is 7. The quantitative estimate of drug-likeness (QED) is 0.711. The summed E-state index contributed by atoms with van der Waals surface area (Å²) in [6.45, 7) is 3.54. The van der Waals surface area contributed by atoms with Crippen molar-refractivity contribution in [3.8, 4) is 6.07 Å². The molecule has 0 heterocycles. The Morgan fingerprint density at radius 1 is 1.22 bits per heavy atom. The Morgan fingerprint density at radius 2 is 1.93 bits per heavy atom. The summed E-state index contributed by atoms with van der Waals surface area (Å²) in [4.78, 5) is 24.8. The number of hydrogen-bond acceptors (Lipinski definition) is 4. The van der Waals surface area contributed by atoms with E-state index in [-0.39, 0.29) is 17.2 Å². The summed E-state index contributed by atoms with van der Waals surface area (Å²) in [6.07, 6.45) is 0.800. The molecule has 0 saturated carbocycles. The second kappa shape index (κ2) is 9.75. The van der Waals surface area contributed by atoms with Gasteiger partial charge >= 0.3 is 5.97 Å². The van der Waals surface area contributed by atoms with E-state index in [0.717, 1.165) is 12.0 Å². The van der Waals surface area contributed by atoms with Gasteiger partial charge in [-0.3, -0.25) is 9.59 Å². The fourth-order valence-electron chi connectivity index (χ4n) is 2.72. The van der Waals surface area contributed by atoms with Crippen molar-refractivity contribution >= 4 is 29.2 Å². The molecule has 0 aliphatic rings. The van der Waals surface area contributed by atoms with E-state index in [1.54, 1.807) is 6.07 Å². The molecule has 1 amide bonds. The summed E-state index contributed by atoms with van der Waals surface area (Å²) < 4.78 is 5.25.